The molecule has 2 aromatic carbocycles. The molecule has 6 heteroatoms. The van der Waals surface area contributed by atoms with Gasteiger partial charge in [-0.3, -0.25) is 9.54 Å². The Kier molecular flexibility index (Phi) is 7.70. The fourth-order valence-corrected chi connectivity index (χ4v) is 2.94. The van der Waals surface area contributed by atoms with Crippen molar-refractivity contribution in [1.29, 1.82) is 0 Å². The standard InChI is InChI=1S/C16H18N2.C7H8O3S/c1-13-12-15(10-11-17-13)5-4-14-6-8-16(9-7-14)18(2)3;1-6-2-4-7(5-3-6)11(8,9)10/h4-12H,1-3H3;2-5H,1H3,(H,8,9,10). The van der Waals surface area contributed by atoms with Gasteiger partial charge in [0, 0.05) is 31.7 Å². The van der Waals surface area contributed by atoms with Crippen molar-refractivity contribution in [3.8, 4) is 0 Å². The first-order chi connectivity index (χ1) is 13.6. The molecule has 0 saturated heterocycles. The van der Waals surface area contributed by atoms with Gasteiger partial charge in [0.1, 0.15) is 0 Å². The molecule has 0 saturated carbocycles. The molecule has 0 radical (unpaired) electrons. The average molecular weight is 411 g/mol. The Hall–Kier alpha value is -2.96. The number of hydrogen-bond acceptors (Lipinski definition) is 4. The smallest absolute Gasteiger partial charge is 0.294 e. The summed E-state index contributed by atoms with van der Waals surface area (Å²) >= 11 is 0. The van der Waals surface area contributed by atoms with Crippen molar-refractivity contribution in [1.82, 2.24) is 4.98 Å². The summed E-state index contributed by atoms with van der Waals surface area (Å²) in [4.78, 5) is 6.22. The monoisotopic (exact) mass is 410 g/mol. The molecule has 3 aromatic rings. The van der Waals surface area contributed by atoms with Crippen molar-refractivity contribution < 1.29 is 13.0 Å². The molecular formula is C23H26N2O3S. The largest absolute Gasteiger partial charge is 0.378 e. The van der Waals surface area contributed by atoms with Gasteiger partial charge in [0.2, 0.25) is 0 Å². The zero-order valence-electron chi connectivity index (χ0n) is 17.1. The topological polar surface area (TPSA) is 70.5 Å². The van der Waals surface area contributed by atoms with Crippen molar-refractivity contribution in [2.24, 2.45) is 0 Å². The highest BCUT2D eigenvalue weighted by atomic mass is 32.2. The molecule has 0 aliphatic carbocycles. The van der Waals surface area contributed by atoms with Crippen molar-refractivity contribution in [3.63, 3.8) is 0 Å². The predicted molar refractivity (Wildman–Crippen MR) is 120 cm³/mol. The number of rotatable bonds is 4. The quantitative estimate of drug-likeness (QED) is 0.622. The summed E-state index contributed by atoms with van der Waals surface area (Å²) in [7, 11) is 0.0729. The number of aromatic nitrogens is 1. The maximum Gasteiger partial charge on any atom is 0.294 e. The van der Waals surface area contributed by atoms with Crippen LogP contribution in [-0.2, 0) is 10.1 Å². The number of nitrogens with zero attached hydrogens (tertiary/aromatic N) is 2. The molecule has 0 atom stereocenters. The zero-order chi connectivity index (χ0) is 21.4. The minimum Gasteiger partial charge on any atom is -0.378 e. The molecule has 0 amide bonds. The van der Waals surface area contributed by atoms with E-state index < -0.39 is 10.1 Å². The first kappa shape index (κ1) is 22.3. The van der Waals surface area contributed by atoms with Gasteiger partial charge < -0.3 is 4.90 Å². The van der Waals surface area contributed by atoms with Crippen LogP contribution < -0.4 is 4.90 Å². The molecule has 0 fully saturated rings. The van der Waals surface area contributed by atoms with Crippen LogP contribution >= 0.6 is 0 Å². The molecule has 1 N–H and O–H groups in total. The summed E-state index contributed by atoms with van der Waals surface area (Å²) in [6.07, 6.45) is 6.07. The van der Waals surface area contributed by atoms with Gasteiger partial charge in [0.25, 0.3) is 10.1 Å². The lowest BCUT2D eigenvalue weighted by atomic mass is 10.1. The summed E-state index contributed by atoms with van der Waals surface area (Å²) in [6, 6.07) is 18.6. The van der Waals surface area contributed by atoms with Gasteiger partial charge in [0.15, 0.2) is 0 Å². The fourth-order valence-electron chi connectivity index (χ4n) is 2.46. The van der Waals surface area contributed by atoms with Crippen LogP contribution in [-0.4, -0.2) is 32.0 Å². The maximum atomic E-state index is 10.5. The highest BCUT2D eigenvalue weighted by Crippen LogP contribution is 2.14. The van der Waals surface area contributed by atoms with E-state index in [2.05, 4.69) is 52.4 Å². The van der Waals surface area contributed by atoms with Gasteiger partial charge in [-0.1, -0.05) is 42.0 Å². The lowest BCUT2D eigenvalue weighted by Crippen LogP contribution is -2.07. The van der Waals surface area contributed by atoms with Gasteiger partial charge >= 0.3 is 0 Å². The van der Waals surface area contributed by atoms with E-state index in [0.29, 0.717) is 0 Å². The molecule has 0 spiro atoms. The van der Waals surface area contributed by atoms with E-state index in [4.69, 9.17) is 4.55 Å². The highest BCUT2D eigenvalue weighted by molar-refractivity contribution is 7.85. The van der Waals surface area contributed by atoms with Crippen LogP contribution in [0.15, 0.2) is 71.8 Å². The third kappa shape index (κ3) is 7.52. The fraction of sp³-hybridized carbons (Fsp3) is 0.174. The lowest BCUT2D eigenvalue weighted by molar-refractivity contribution is 0.483. The molecule has 1 heterocycles. The minimum absolute atomic E-state index is 0.0666. The number of benzene rings is 2. The van der Waals surface area contributed by atoms with Crippen LogP contribution in [0.2, 0.25) is 0 Å². The number of anilines is 1. The number of pyridine rings is 1. The molecule has 1 aromatic heterocycles. The average Bonchev–Trinajstić information content (AvgIpc) is 2.67. The van der Waals surface area contributed by atoms with Gasteiger partial charge in [-0.2, -0.15) is 8.42 Å². The summed E-state index contributed by atoms with van der Waals surface area (Å²) < 4.78 is 29.6. The molecule has 5 nitrogen and oxygen atoms in total. The second-order valence-electron chi connectivity index (χ2n) is 6.84. The van der Waals surface area contributed by atoms with Crippen LogP contribution in [0.4, 0.5) is 5.69 Å². The first-order valence-corrected chi connectivity index (χ1v) is 10.5. The summed E-state index contributed by atoms with van der Waals surface area (Å²) in [5.74, 6) is 0. The molecule has 152 valence electrons. The molecule has 0 aliphatic heterocycles. The number of aryl methyl sites for hydroxylation is 2. The van der Waals surface area contributed by atoms with Crippen LogP contribution in [0.5, 0.6) is 0 Å². The van der Waals surface area contributed by atoms with Crippen molar-refractivity contribution in [3.05, 3.63) is 89.2 Å². The highest BCUT2D eigenvalue weighted by Gasteiger charge is 2.06. The van der Waals surface area contributed by atoms with E-state index in [1.807, 2.05) is 40.2 Å². The van der Waals surface area contributed by atoms with E-state index in [1.54, 1.807) is 12.1 Å². The zero-order valence-corrected chi connectivity index (χ0v) is 17.9. The van der Waals surface area contributed by atoms with E-state index in [0.717, 1.165) is 11.3 Å². The van der Waals surface area contributed by atoms with Crippen LogP contribution in [0.3, 0.4) is 0 Å². The molecule has 29 heavy (non-hydrogen) atoms. The van der Waals surface area contributed by atoms with E-state index in [-0.39, 0.29) is 4.90 Å². The molecular weight excluding hydrogens is 384 g/mol. The van der Waals surface area contributed by atoms with E-state index in [9.17, 15) is 8.42 Å². The Morgan fingerprint density at radius 3 is 1.97 bits per heavy atom. The Balaban J connectivity index is 0.000000234. The third-order valence-electron chi connectivity index (χ3n) is 4.12. The maximum absolute atomic E-state index is 10.5. The Labute approximate surface area is 173 Å². The summed E-state index contributed by atoms with van der Waals surface area (Å²) in [5, 5.41) is 0. The summed E-state index contributed by atoms with van der Waals surface area (Å²) in [5.41, 5.74) is 5.60. The van der Waals surface area contributed by atoms with Gasteiger partial charge in [-0.25, -0.2) is 0 Å². The van der Waals surface area contributed by atoms with Gasteiger partial charge in [-0.05, 0) is 61.4 Å². The van der Waals surface area contributed by atoms with E-state index in [1.165, 1.54) is 28.9 Å². The van der Waals surface area contributed by atoms with Crippen molar-refractivity contribution in [2.45, 2.75) is 18.7 Å². The Bertz CT molecular complexity index is 1060. The number of hydrogen-bond donors (Lipinski definition) is 1. The van der Waals surface area contributed by atoms with E-state index >= 15 is 0 Å². The van der Waals surface area contributed by atoms with Crippen LogP contribution in [0.25, 0.3) is 12.2 Å². The second kappa shape index (κ2) is 10.0. The first-order valence-electron chi connectivity index (χ1n) is 9.07. The van der Waals surface area contributed by atoms with Gasteiger partial charge in [0.05, 0.1) is 4.90 Å². The molecule has 0 aliphatic rings. The van der Waals surface area contributed by atoms with Crippen molar-refractivity contribution in [2.75, 3.05) is 19.0 Å². The molecule has 0 bridgehead atoms. The van der Waals surface area contributed by atoms with Gasteiger partial charge in [-0.15, -0.1) is 0 Å². The van der Waals surface area contributed by atoms with Crippen molar-refractivity contribution >= 4 is 28.0 Å². The second-order valence-corrected chi connectivity index (χ2v) is 8.26. The minimum atomic E-state index is -4.02. The lowest BCUT2D eigenvalue weighted by Gasteiger charge is -2.11. The summed E-state index contributed by atoms with van der Waals surface area (Å²) in [6.45, 7) is 3.84. The normalized spacial score (nSPS) is 11.1. The van der Waals surface area contributed by atoms with Crippen LogP contribution in [0, 0.1) is 13.8 Å². The molecule has 0 unspecified atom stereocenters. The predicted octanol–water partition coefficient (Wildman–Crippen LogP) is 4.87. The molecule has 3 rings (SSSR count). The third-order valence-corrected chi connectivity index (χ3v) is 4.99. The Morgan fingerprint density at radius 2 is 1.45 bits per heavy atom. The van der Waals surface area contributed by atoms with Crippen LogP contribution in [0.1, 0.15) is 22.4 Å². The SMILES string of the molecule is Cc1cc(C=Cc2ccc(N(C)C)cc2)ccn1.Cc1ccc(S(=O)(=O)O)cc1. The Morgan fingerprint density at radius 1 is 0.862 bits per heavy atom.